The number of nitrogens with zero attached hydrogens (tertiary/aromatic N) is 1. The third-order valence-electron chi connectivity index (χ3n) is 5.08. The molecule has 0 amide bonds. The minimum atomic E-state index is 0.713. The molecule has 1 atom stereocenters. The van der Waals surface area contributed by atoms with Crippen LogP contribution < -0.4 is 5.32 Å². The third-order valence-corrected chi connectivity index (χ3v) is 5.08. The lowest BCUT2D eigenvalue weighted by Crippen LogP contribution is -2.48. The average Bonchev–Trinajstić information content (AvgIpc) is 2.77. The van der Waals surface area contributed by atoms with Gasteiger partial charge < -0.3 is 5.32 Å². The molecule has 1 aliphatic heterocycles. The standard InChI is InChI=1S/C19H30N2/c1-2-7-12-18(11-6-1)20-19-13-8-14-21(16-19)15-17-9-4-3-5-10-17/h3-5,9-10,18-20H,1-2,6-8,11-16H2. The van der Waals surface area contributed by atoms with E-state index in [4.69, 9.17) is 0 Å². The topological polar surface area (TPSA) is 15.3 Å². The average molecular weight is 286 g/mol. The number of nitrogens with one attached hydrogen (secondary N) is 1. The molecule has 0 spiro atoms. The maximum Gasteiger partial charge on any atom is 0.0234 e. The van der Waals surface area contributed by atoms with Crippen LogP contribution in [0, 0.1) is 0 Å². The van der Waals surface area contributed by atoms with E-state index in [1.807, 2.05) is 0 Å². The Balaban J connectivity index is 1.48. The largest absolute Gasteiger partial charge is 0.310 e. The normalized spacial score (nSPS) is 25.6. The molecular formula is C19H30N2. The molecular weight excluding hydrogens is 256 g/mol. The Morgan fingerprint density at radius 1 is 0.857 bits per heavy atom. The highest BCUT2D eigenvalue weighted by Crippen LogP contribution is 2.20. The van der Waals surface area contributed by atoms with Gasteiger partial charge in [0.15, 0.2) is 0 Å². The SMILES string of the molecule is c1ccc(CN2CCCC(NC3CCCCCC3)C2)cc1. The second-order valence-corrected chi connectivity index (χ2v) is 6.92. The molecule has 1 aromatic rings. The van der Waals surface area contributed by atoms with Crippen molar-refractivity contribution >= 4 is 0 Å². The van der Waals surface area contributed by atoms with Crippen molar-refractivity contribution in [3.05, 3.63) is 35.9 Å². The van der Waals surface area contributed by atoms with Crippen molar-refractivity contribution in [2.45, 2.75) is 70.0 Å². The lowest BCUT2D eigenvalue weighted by molar-refractivity contribution is 0.173. The molecule has 1 aromatic carbocycles. The highest BCUT2D eigenvalue weighted by molar-refractivity contribution is 5.14. The quantitative estimate of drug-likeness (QED) is 0.843. The van der Waals surface area contributed by atoms with Gasteiger partial charge in [0.1, 0.15) is 0 Å². The molecule has 1 aliphatic carbocycles. The molecule has 21 heavy (non-hydrogen) atoms. The zero-order valence-electron chi connectivity index (χ0n) is 13.3. The first-order valence-electron chi connectivity index (χ1n) is 8.92. The summed E-state index contributed by atoms with van der Waals surface area (Å²) in [5.41, 5.74) is 1.45. The molecule has 2 fully saturated rings. The predicted molar refractivity (Wildman–Crippen MR) is 89.4 cm³/mol. The van der Waals surface area contributed by atoms with Crippen LogP contribution in [0.5, 0.6) is 0 Å². The smallest absolute Gasteiger partial charge is 0.0234 e. The van der Waals surface area contributed by atoms with E-state index in [1.54, 1.807) is 0 Å². The van der Waals surface area contributed by atoms with Gasteiger partial charge >= 0.3 is 0 Å². The fraction of sp³-hybridized carbons (Fsp3) is 0.684. The van der Waals surface area contributed by atoms with Gasteiger partial charge in [0, 0.05) is 25.2 Å². The van der Waals surface area contributed by atoms with Crippen molar-refractivity contribution in [2.24, 2.45) is 0 Å². The number of rotatable bonds is 4. The Morgan fingerprint density at radius 3 is 2.33 bits per heavy atom. The van der Waals surface area contributed by atoms with Gasteiger partial charge in [-0.15, -0.1) is 0 Å². The molecule has 3 rings (SSSR count). The van der Waals surface area contributed by atoms with E-state index in [2.05, 4.69) is 40.5 Å². The molecule has 0 radical (unpaired) electrons. The number of hydrogen-bond acceptors (Lipinski definition) is 2. The molecule has 0 bridgehead atoms. The predicted octanol–water partition coefficient (Wildman–Crippen LogP) is 3.96. The molecule has 1 N–H and O–H groups in total. The van der Waals surface area contributed by atoms with Crippen molar-refractivity contribution < 1.29 is 0 Å². The Morgan fingerprint density at radius 2 is 1.57 bits per heavy atom. The first-order valence-corrected chi connectivity index (χ1v) is 8.92. The molecule has 1 unspecified atom stereocenters. The Labute approximate surface area is 129 Å². The van der Waals surface area contributed by atoms with E-state index in [-0.39, 0.29) is 0 Å². The van der Waals surface area contributed by atoms with Crippen molar-refractivity contribution in [1.82, 2.24) is 10.2 Å². The summed E-state index contributed by atoms with van der Waals surface area (Å²) in [6, 6.07) is 12.4. The number of benzene rings is 1. The Hall–Kier alpha value is -0.860. The maximum atomic E-state index is 3.97. The zero-order valence-corrected chi connectivity index (χ0v) is 13.3. The number of piperidine rings is 1. The summed E-state index contributed by atoms with van der Waals surface area (Å²) < 4.78 is 0. The highest BCUT2D eigenvalue weighted by atomic mass is 15.2. The van der Waals surface area contributed by atoms with Gasteiger partial charge in [-0.3, -0.25) is 4.90 Å². The second-order valence-electron chi connectivity index (χ2n) is 6.92. The number of likely N-dealkylation sites (tertiary alicyclic amines) is 1. The van der Waals surface area contributed by atoms with Crippen LogP contribution in [-0.4, -0.2) is 30.1 Å². The van der Waals surface area contributed by atoms with Gasteiger partial charge in [-0.1, -0.05) is 56.0 Å². The van der Waals surface area contributed by atoms with E-state index in [9.17, 15) is 0 Å². The Kier molecular flexibility index (Phi) is 5.70. The summed E-state index contributed by atoms with van der Waals surface area (Å²) in [7, 11) is 0. The van der Waals surface area contributed by atoms with Crippen LogP contribution in [0.1, 0.15) is 56.9 Å². The van der Waals surface area contributed by atoms with Crippen LogP contribution in [0.2, 0.25) is 0 Å². The van der Waals surface area contributed by atoms with Crippen molar-refractivity contribution in [2.75, 3.05) is 13.1 Å². The first-order chi connectivity index (χ1) is 10.4. The second kappa shape index (κ2) is 7.95. The van der Waals surface area contributed by atoms with Crippen LogP contribution in [0.15, 0.2) is 30.3 Å². The fourth-order valence-corrected chi connectivity index (χ4v) is 3.96. The highest BCUT2D eigenvalue weighted by Gasteiger charge is 2.22. The molecule has 1 saturated carbocycles. The Bertz CT molecular complexity index is 395. The summed E-state index contributed by atoms with van der Waals surface area (Å²) in [4.78, 5) is 2.63. The van der Waals surface area contributed by atoms with Crippen LogP contribution in [0.25, 0.3) is 0 Å². The van der Waals surface area contributed by atoms with Gasteiger partial charge in [-0.25, -0.2) is 0 Å². The maximum absolute atomic E-state index is 3.97. The van der Waals surface area contributed by atoms with Crippen LogP contribution in [0.4, 0.5) is 0 Å². The van der Waals surface area contributed by atoms with Crippen molar-refractivity contribution in [3.63, 3.8) is 0 Å². The molecule has 2 heteroatoms. The molecule has 2 nitrogen and oxygen atoms in total. The summed E-state index contributed by atoms with van der Waals surface area (Å²) in [6.45, 7) is 3.60. The van der Waals surface area contributed by atoms with Gasteiger partial charge in [0.05, 0.1) is 0 Å². The summed E-state index contributed by atoms with van der Waals surface area (Å²) in [5.74, 6) is 0. The van der Waals surface area contributed by atoms with E-state index < -0.39 is 0 Å². The van der Waals surface area contributed by atoms with E-state index in [0.717, 1.165) is 12.6 Å². The lowest BCUT2D eigenvalue weighted by Gasteiger charge is -2.35. The minimum absolute atomic E-state index is 0.713. The van der Waals surface area contributed by atoms with Crippen LogP contribution in [0.3, 0.4) is 0 Å². The van der Waals surface area contributed by atoms with Crippen LogP contribution in [-0.2, 0) is 6.54 Å². The van der Waals surface area contributed by atoms with Crippen LogP contribution >= 0.6 is 0 Å². The first kappa shape index (κ1) is 15.1. The zero-order chi connectivity index (χ0) is 14.3. The van der Waals surface area contributed by atoms with Gasteiger partial charge in [-0.05, 0) is 37.8 Å². The molecule has 1 heterocycles. The van der Waals surface area contributed by atoms with E-state index >= 15 is 0 Å². The third kappa shape index (κ3) is 4.82. The van der Waals surface area contributed by atoms with Crippen molar-refractivity contribution in [3.8, 4) is 0 Å². The molecule has 0 aromatic heterocycles. The van der Waals surface area contributed by atoms with Gasteiger partial charge in [0.25, 0.3) is 0 Å². The monoisotopic (exact) mass is 286 g/mol. The minimum Gasteiger partial charge on any atom is -0.310 e. The summed E-state index contributed by atoms with van der Waals surface area (Å²) in [6.07, 6.45) is 11.3. The van der Waals surface area contributed by atoms with E-state index in [1.165, 1.54) is 70.0 Å². The van der Waals surface area contributed by atoms with E-state index in [0.29, 0.717) is 6.04 Å². The summed E-state index contributed by atoms with van der Waals surface area (Å²) in [5, 5.41) is 3.97. The molecule has 116 valence electrons. The van der Waals surface area contributed by atoms with Crippen molar-refractivity contribution in [1.29, 1.82) is 0 Å². The van der Waals surface area contributed by atoms with Gasteiger partial charge in [-0.2, -0.15) is 0 Å². The van der Waals surface area contributed by atoms with Gasteiger partial charge in [0.2, 0.25) is 0 Å². The summed E-state index contributed by atoms with van der Waals surface area (Å²) >= 11 is 0. The number of hydrogen-bond donors (Lipinski definition) is 1. The fourth-order valence-electron chi connectivity index (χ4n) is 3.96. The molecule has 1 saturated heterocycles. The lowest BCUT2D eigenvalue weighted by atomic mass is 10.0. The molecule has 2 aliphatic rings.